The van der Waals surface area contributed by atoms with Crippen LogP contribution in [0.4, 0.5) is 0 Å². The van der Waals surface area contributed by atoms with Gasteiger partial charge in [-0.3, -0.25) is 28.8 Å². The second kappa shape index (κ2) is 15.4. The number of thioether (sulfide) groups is 1. The van der Waals surface area contributed by atoms with Gasteiger partial charge in [-0.2, -0.15) is 11.8 Å². The molecule has 0 spiro atoms. The quantitative estimate of drug-likeness (QED) is 0.0947. The molecule has 0 aliphatic rings. The normalized spacial score (nSPS) is 14.1. The Hall–Kier alpha value is -3.40. The monoisotopic (exact) mass is 506 g/mol. The van der Waals surface area contributed by atoms with Crippen molar-refractivity contribution in [2.24, 2.45) is 17.2 Å². The van der Waals surface area contributed by atoms with E-state index in [0.717, 1.165) is 0 Å². The first-order valence-corrected chi connectivity index (χ1v) is 11.3. The summed E-state index contributed by atoms with van der Waals surface area (Å²) in [6.07, 6.45) is -0.339. The third kappa shape index (κ3) is 12.6. The molecule has 0 radical (unpaired) electrons. The average molecular weight is 507 g/mol. The number of nitrogens with one attached hydrogen (secondary N) is 3. The summed E-state index contributed by atoms with van der Waals surface area (Å²) in [5.74, 6) is -7.21. The summed E-state index contributed by atoms with van der Waals surface area (Å²) in [6.45, 7) is 0. The van der Waals surface area contributed by atoms with E-state index in [1.807, 2.05) is 0 Å². The maximum absolute atomic E-state index is 12.7. The molecule has 0 aliphatic carbocycles. The van der Waals surface area contributed by atoms with Crippen molar-refractivity contribution < 1.29 is 43.8 Å². The van der Waals surface area contributed by atoms with Crippen LogP contribution in [0.5, 0.6) is 0 Å². The maximum Gasteiger partial charge on any atom is 0.326 e. The number of carbonyl (C=O) groups is 7. The van der Waals surface area contributed by atoms with Crippen molar-refractivity contribution in [3.8, 4) is 0 Å². The van der Waals surface area contributed by atoms with E-state index < -0.39 is 78.5 Å². The molecule has 0 rings (SSSR count). The molecule has 0 saturated heterocycles. The van der Waals surface area contributed by atoms with Gasteiger partial charge in [-0.15, -0.1) is 0 Å². The highest BCUT2D eigenvalue weighted by Crippen LogP contribution is 2.05. The zero-order valence-corrected chi connectivity index (χ0v) is 19.3. The standard InChI is InChI=1S/C18H30N6O9S/c1-34-5-4-10(18(32)33)23-16(30)9(2-3-12(20)25)22-17(31)11(7-14(27)28)24-15(29)8(19)6-13(21)26/h8-11H,2-7,19H2,1H3,(H2,20,25)(H2,21,26)(H,22,31)(H,23,30)(H,24,29)(H,27,28)(H,32,33). The van der Waals surface area contributed by atoms with Crippen LogP contribution in [0.3, 0.4) is 0 Å². The predicted molar refractivity (Wildman–Crippen MR) is 119 cm³/mol. The molecule has 16 heteroatoms. The molecule has 4 unspecified atom stereocenters. The summed E-state index contributed by atoms with van der Waals surface area (Å²) in [4.78, 5) is 82.1. The van der Waals surface area contributed by atoms with E-state index in [-0.39, 0.29) is 19.3 Å². The minimum atomic E-state index is -1.71. The topological polar surface area (TPSA) is 274 Å². The highest BCUT2D eigenvalue weighted by molar-refractivity contribution is 7.98. The third-order valence-corrected chi connectivity index (χ3v) is 4.95. The number of carbonyl (C=O) groups excluding carboxylic acids is 5. The van der Waals surface area contributed by atoms with E-state index in [1.165, 1.54) is 11.8 Å². The third-order valence-electron chi connectivity index (χ3n) is 4.31. The van der Waals surface area contributed by atoms with Gasteiger partial charge >= 0.3 is 11.9 Å². The van der Waals surface area contributed by atoms with Gasteiger partial charge in [0.05, 0.1) is 18.9 Å². The number of aliphatic carboxylic acids is 2. The average Bonchev–Trinajstić information content (AvgIpc) is 2.71. The van der Waals surface area contributed by atoms with E-state index in [9.17, 15) is 38.7 Å². The summed E-state index contributed by atoms with van der Waals surface area (Å²) >= 11 is 1.35. The molecular weight excluding hydrogens is 476 g/mol. The Morgan fingerprint density at radius 3 is 1.76 bits per heavy atom. The SMILES string of the molecule is CSCCC(NC(=O)C(CCC(N)=O)NC(=O)C(CC(=O)O)NC(=O)C(N)CC(N)=O)C(=O)O. The first kappa shape index (κ1) is 30.6. The molecule has 11 N–H and O–H groups in total. The molecule has 0 fully saturated rings. The first-order valence-electron chi connectivity index (χ1n) is 9.95. The number of nitrogens with two attached hydrogens (primary N) is 3. The van der Waals surface area contributed by atoms with Crippen LogP contribution >= 0.6 is 11.8 Å². The van der Waals surface area contributed by atoms with Crippen molar-refractivity contribution in [1.82, 2.24) is 16.0 Å². The number of primary amides is 2. The summed E-state index contributed by atoms with van der Waals surface area (Å²) in [7, 11) is 0. The molecule has 0 heterocycles. The van der Waals surface area contributed by atoms with Gasteiger partial charge in [0.1, 0.15) is 18.1 Å². The van der Waals surface area contributed by atoms with Gasteiger partial charge in [-0.1, -0.05) is 0 Å². The van der Waals surface area contributed by atoms with Gasteiger partial charge in [0, 0.05) is 6.42 Å². The largest absolute Gasteiger partial charge is 0.481 e. The predicted octanol–water partition coefficient (Wildman–Crippen LogP) is -3.78. The van der Waals surface area contributed by atoms with E-state index in [4.69, 9.17) is 22.3 Å². The Kier molecular flexibility index (Phi) is 13.9. The van der Waals surface area contributed by atoms with E-state index in [0.29, 0.717) is 5.75 Å². The molecule has 192 valence electrons. The lowest BCUT2D eigenvalue weighted by Crippen LogP contribution is -2.57. The molecule has 0 aliphatic heterocycles. The molecule has 0 aromatic rings. The van der Waals surface area contributed by atoms with Crippen molar-refractivity contribution >= 4 is 53.2 Å². The van der Waals surface area contributed by atoms with Crippen molar-refractivity contribution in [1.29, 1.82) is 0 Å². The van der Waals surface area contributed by atoms with Gasteiger partial charge in [0.2, 0.25) is 29.5 Å². The fraction of sp³-hybridized carbons (Fsp3) is 0.611. The van der Waals surface area contributed by atoms with Crippen LogP contribution in [0, 0.1) is 0 Å². The number of carboxylic acid groups (broad SMARTS) is 2. The molecule has 0 saturated carbocycles. The molecule has 0 aromatic carbocycles. The van der Waals surface area contributed by atoms with Crippen molar-refractivity contribution in [3.63, 3.8) is 0 Å². The van der Waals surface area contributed by atoms with Crippen molar-refractivity contribution in [3.05, 3.63) is 0 Å². The van der Waals surface area contributed by atoms with Gasteiger partial charge in [0.15, 0.2) is 0 Å². The molecule has 0 bridgehead atoms. The summed E-state index contributed by atoms with van der Waals surface area (Å²) < 4.78 is 0. The summed E-state index contributed by atoms with van der Waals surface area (Å²) in [6, 6.07) is -5.92. The molecule has 34 heavy (non-hydrogen) atoms. The van der Waals surface area contributed by atoms with Gasteiger partial charge in [0.25, 0.3) is 0 Å². The molecular formula is C18H30N6O9S. The lowest BCUT2D eigenvalue weighted by molar-refractivity contribution is -0.143. The lowest BCUT2D eigenvalue weighted by Gasteiger charge is -2.24. The fourth-order valence-electron chi connectivity index (χ4n) is 2.57. The van der Waals surface area contributed by atoms with Crippen molar-refractivity contribution in [2.75, 3.05) is 12.0 Å². The Labute approximate surface area is 198 Å². The number of hydrogen-bond acceptors (Lipinski definition) is 9. The fourth-order valence-corrected chi connectivity index (χ4v) is 3.04. The van der Waals surface area contributed by atoms with Crippen LogP contribution in [-0.4, -0.2) is 87.9 Å². The number of carboxylic acids is 2. The Bertz CT molecular complexity index is 794. The van der Waals surface area contributed by atoms with Gasteiger partial charge in [-0.05, 0) is 24.9 Å². The number of rotatable bonds is 17. The minimum Gasteiger partial charge on any atom is -0.481 e. The highest BCUT2D eigenvalue weighted by Gasteiger charge is 2.31. The molecule has 5 amide bonds. The highest BCUT2D eigenvalue weighted by atomic mass is 32.2. The smallest absolute Gasteiger partial charge is 0.326 e. The zero-order valence-electron chi connectivity index (χ0n) is 18.4. The minimum absolute atomic E-state index is 0.0776. The molecule has 4 atom stereocenters. The molecule has 15 nitrogen and oxygen atoms in total. The van der Waals surface area contributed by atoms with Crippen LogP contribution in [-0.2, 0) is 33.6 Å². The Morgan fingerprint density at radius 2 is 1.29 bits per heavy atom. The number of hydrogen-bond donors (Lipinski definition) is 8. The second-order valence-corrected chi connectivity index (χ2v) is 8.17. The first-order chi connectivity index (χ1) is 15.8. The van der Waals surface area contributed by atoms with Gasteiger partial charge in [-0.25, -0.2) is 4.79 Å². The second-order valence-electron chi connectivity index (χ2n) is 7.18. The summed E-state index contributed by atoms with van der Waals surface area (Å²) in [5, 5.41) is 24.9. The van der Waals surface area contributed by atoms with Crippen LogP contribution in [0.25, 0.3) is 0 Å². The molecule has 0 aromatic heterocycles. The summed E-state index contributed by atoms with van der Waals surface area (Å²) in [5.41, 5.74) is 15.5. The van der Waals surface area contributed by atoms with E-state index in [1.54, 1.807) is 6.26 Å². The Balaban J connectivity index is 5.57. The van der Waals surface area contributed by atoms with E-state index >= 15 is 0 Å². The van der Waals surface area contributed by atoms with Crippen LogP contribution in [0.2, 0.25) is 0 Å². The lowest BCUT2D eigenvalue weighted by atomic mass is 10.1. The van der Waals surface area contributed by atoms with Gasteiger partial charge < -0.3 is 43.4 Å². The van der Waals surface area contributed by atoms with Crippen LogP contribution in [0.1, 0.15) is 32.1 Å². The number of amides is 5. The van der Waals surface area contributed by atoms with Crippen molar-refractivity contribution in [2.45, 2.75) is 56.3 Å². The van der Waals surface area contributed by atoms with Crippen LogP contribution in [0.15, 0.2) is 0 Å². The Morgan fingerprint density at radius 1 is 0.765 bits per heavy atom. The van der Waals surface area contributed by atoms with Crippen LogP contribution < -0.4 is 33.2 Å². The zero-order chi connectivity index (χ0) is 26.4. The van der Waals surface area contributed by atoms with E-state index in [2.05, 4.69) is 16.0 Å². The maximum atomic E-state index is 12.7.